The number of hydrogen-bond acceptors (Lipinski definition) is 5. The number of amides is 2. The van der Waals surface area contributed by atoms with Gasteiger partial charge in [0.25, 0.3) is 11.8 Å². The highest BCUT2D eigenvalue weighted by atomic mass is 16.5. The number of piperidine rings is 1. The predicted octanol–water partition coefficient (Wildman–Crippen LogP) is 1.44. The van der Waals surface area contributed by atoms with Crippen LogP contribution in [0.5, 0.6) is 5.75 Å². The Bertz CT molecular complexity index is 1080. The molecule has 2 amide bonds. The van der Waals surface area contributed by atoms with Gasteiger partial charge in [0, 0.05) is 31.9 Å². The number of aromatic nitrogens is 1. The number of pyridine rings is 1. The lowest BCUT2D eigenvalue weighted by atomic mass is 10.0. The third-order valence-electron chi connectivity index (χ3n) is 6.63. The van der Waals surface area contributed by atoms with Gasteiger partial charge in [0.2, 0.25) is 5.43 Å². The molecule has 1 N–H and O–H groups in total. The second kappa shape index (κ2) is 7.85. The summed E-state index contributed by atoms with van der Waals surface area (Å²) in [6.07, 6.45) is 4.86. The van der Waals surface area contributed by atoms with E-state index in [1.807, 2.05) is 35.2 Å². The number of methoxy groups -OCH3 is 1. The zero-order valence-corrected chi connectivity index (χ0v) is 17.5. The van der Waals surface area contributed by atoms with Gasteiger partial charge < -0.3 is 19.5 Å². The molecular weight excluding hydrogens is 396 g/mol. The van der Waals surface area contributed by atoms with E-state index in [9.17, 15) is 14.4 Å². The molecule has 2 atom stereocenters. The standard InChI is InChI=1S/C23H26N4O4/c1-31-21-19-23(30)27-12-16-9-5-6-10-26(16)18(27)14-25(19)13-17(20(21)28)22(29)24-11-15-7-3-2-4-8-15/h2-4,7-8,13,16,18H,5-6,9-12,14H2,1H3,(H,24,29)/t16-,18-/m0/s1. The van der Waals surface area contributed by atoms with Crippen LogP contribution in [0, 0.1) is 0 Å². The lowest BCUT2D eigenvalue weighted by Gasteiger charge is -2.38. The summed E-state index contributed by atoms with van der Waals surface area (Å²) in [5, 5.41) is 2.80. The Labute approximate surface area is 180 Å². The third kappa shape index (κ3) is 3.31. The topological polar surface area (TPSA) is 83.9 Å². The second-order valence-corrected chi connectivity index (χ2v) is 8.40. The zero-order chi connectivity index (χ0) is 21.5. The van der Waals surface area contributed by atoms with E-state index in [2.05, 4.69) is 10.2 Å². The van der Waals surface area contributed by atoms with Crippen LogP contribution in [0.4, 0.5) is 0 Å². The van der Waals surface area contributed by atoms with Gasteiger partial charge in [0.05, 0.1) is 13.7 Å². The molecule has 0 aliphatic carbocycles. The fourth-order valence-electron chi connectivity index (χ4n) is 5.10. The molecule has 8 heteroatoms. The van der Waals surface area contributed by atoms with E-state index in [4.69, 9.17) is 4.74 Å². The summed E-state index contributed by atoms with van der Waals surface area (Å²) in [4.78, 5) is 43.5. The molecule has 1 aromatic heterocycles. The number of ether oxygens (including phenoxy) is 1. The average molecular weight is 422 g/mol. The van der Waals surface area contributed by atoms with Crippen LogP contribution in [0.15, 0.2) is 41.3 Å². The number of fused-ring (bicyclic) bond motifs is 4. The summed E-state index contributed by atoms with van der Waals surface area (Å²) < 4.78 is 7.09. The molecule has 2 aromatic rings. The van der Waals surface area contributed by atoms with Crippen molar-refractivity contribution in [2.75, 3.05) is 20.2 Å². The second-order valence-electron chi connectivity index (χ2n) is 8.40. The lowest BCUT2D eigenvalue weighted by molar-refractivity contribution is 0.0451. The summed E-state index contributed by atoms with van der Waals surface area (Å²) >= 11 is 0. The van der Waals surface area contributed by atoms with Gasteiger partial charge in [0.1, 0.15) is 11.7 Å². The molecule has 0 saturated carbocycles. The van der Waals surface area contributed by atoms with Gasteiger partial charge >= 0.3 is 0 Å². The van der Waals surface area contributed by atoms with Gasteiger partial charge in [-0.25, -0.2) is 0 Å². The van der Waals surface area contributed by atoms with Gasteiger partial charge in [-0.1, -0.05) is 36.8 Å². The molecule has 0 radical (unpaired) electrons. The highest BCUT2D eigenvalue weighted by Gasteiger charge is 2.47. The van der Waals surface area contributed by atoms with Gasteiger partial charge in [-0.2, -0.15) is 0 Å². The Kier molecular flexibility index (Phi) is 5.02. The average Bonchev–Trinajstić information content (AvgIpc) is 3.17. The Morgan fingerprint density at radius 2 is 1.97 bits per heavy atom. The third-order valence-corrected chi connectivity index (χ3v) is 6.63. The molecule has 0 spiro atoms. The van der Waals surface area contributed by atoms with Gasteiger partial charge in [-0.05, 0) is 18.4 Å². The first kappa shape index (κ1) is 19.8. The van der Waals surface area contributed by atoms with Crippen molar-refractivity contribution in [3.63, 3.8) is 0 Å². The molecule has 3 aliphatic heterocycles. The van der Waals surface area contributed by atoms with Crippen molar-refractivity contribution in [2.45, 2.75) is 44.6 Å². The molecule has 0 bridgehead atoms. The molecule has 2 fully saturated rings. The van der Waals surface area contributed by atoms with Crippen LogP contribution in [0.2, 0.25) is 0 Å². The molecule has 4 heterocycles. The van der Waals surface area contributed by atoms with Crippen LogP contribution < -0.4 is 15.5 Å². The van der Waals surface area contributed by atoms with Crippen molar-refractivity contribution in [1.82, 2.24) is 19.7 Å². The van der Waals surface area contributed by atoms with Crippen molar-refractivity contribution in [3.05, 3.63) is 63.6 Å². The minimum absolute atomic E-state index is 0.00836. The van der Waals surface area contributed by atoms with Crippen molar-refractivity contribution < 1.29 is 14.3 Å². The minimum Gasteiger partial charge on any atom is -0.491 e. The maximum Gasteiger partial charge on any atom is 0.275 e. The van der Waals surface area contributed by atoms with E-state index >= 15 is 0 Å². The summed E-state index contributed by atoms with van der Waals surface area (Å²) in [6.45, 7) is 2.48. The van der Waals surface area contributed by atoms with Gasteiger partial charge in [0.15, 0.2) is 11.4 Å². The monoisotopic (exact) mass is 422 g/mol. The highest BCUT2D eigenvalue weighted by molar-refractivity contribution is 5.99. The number of nitrogens with zero attached hydrogens (tertiary/aromatic N) is 3. The summed E-state index contributed by atoms with van der Waals surface area (Å²) in [5.74, 6) is -0.726. The zero-order valence-electron chi connectivity index (χ0n) is 17.5. The first-order valence-electron chi connectivity index (χ1n) is 10.8. The molecule has 8 nitrogen and oxygen atoms in total. The molecule has 5 rings (SSSR count). The van der Waals surface area contributed by atoms with E-state index in [0.717, 1.165) is 24.9 Å². The van der Waals surface area contributed by atoms with Crippen molar-refractivity contribution in [1.29, 1.82) is 0 Å². The Morgan fingerprint density at radius 3 is 2.74 bits per heavy atom. The quantitative estimate of drug-likeness (QED) is 0.806. The minimum atomic E-state index is -0.553. The van der Waals surface area contributed by atoms with Crippen molar-refractivity contribution in [3.8, 4) is 5.75 Å². The van der Waals surface area contributed by atoms with Crippen LogP contribution in [0.25, 0.3) is 0 Å². The number of carbonyl (C=O) groups excluding carboxylic acids is 2. The Morgan fingerprint density at radius 1 is 1.16 bits per heavy atom. The van der Waals surface area contributed by atoms with Crippen molar-refractivity contribution >= 4 is 11.8 Å². The Balaban J connectivity index is 1.47. The normalized spacial score (nSPS) is 22.5. The number of hydrogen-bond donors (Lipinski definition) is 1. The van der Waals surface area contributed by atoms with E-state index in [0.29, 0.717) is 25.7 Å². The molecule has 31 heavy (non-hydrogen) atoms. The van der Waals surface area contributed by atoms with E-state index in [1.54, 1.807) is 4.57 Å². The molecule has 0 unspecified atom stereocenters. The van der Waals surface area contributed by atoms with Crippen molar-refractivity contribution in [2.24, 2.45) is 0 Å². The lowest BCUT2D eigenvalue weighted by Crippen LogP contribution is -2.51. The maximum atomic E-state index is 13.3. The fourth-order valence-corrected chi connectivity index (χ4v) is 5.10. The summed E-state index contributed by atoms with van der Waals surface area (Å²) in [5.41, 5.74) is 0.617. The maximum absolute atomic E-state index is 13.3. The number of rotatable bonds is 4. The number of carbonyl (C=O) groups is 2. The molecule has 3 aliphatic rings. The SMILES string of the molecule is COc1c2n(cc(C(=O)NCc3ccccc3)c1=O)C[C@@H]1N(C[C@@H]3CCCCN31)C2=O. The highest BCUT2D eigenvalue weighted by Crippen LogP contribution is 2.34. The first-order valence-corrected chi connectivity index (χ1v) is 10.8. The van der Waals surface area contributed by atoms with Crippen LogP contribution in [0.3, 0.4) is 0 Å². The van der Waals surface area contributed by atoms with E-state index in [-0.39, 0.29) is 29.1 Å². The number of benzene rings is 1. The van der Waals surface area contributed by atoms with Crippen LogP contribution in [-0.2, 0) is 13.1 Å². The fraction of sp³-hybridized carbons (Fsp3) is 0.435. The number of nitrogens with one attached hydrogen (secondary N) is 1. The van der Waals surface area contributed by atoms with Gasteiger partial charge in [-0.15, -0.1) is 0 Å². The van der Waals surface area contributed by atoms with E-state index < -0.39 is 11.3 Å². The molecular formula is C23H26N4O4. The van der Waals surface area contributed by atoms with Crippen LogP contribution in [0.1, 0.15) is 45.7 Å². The molecule has 1 aromatic carbocycles. The summed E-state index contributed by atoms with van der Waals surface area (Å²) in [7, 11) is 1.37. The summed E-state index contributed by atoms with van der Waals surface area (Å²) in [6, 6.07) is 9.87. The molecule has 2 saturated heterocycles. The van der Waals surface area contributed by atoms with Crippen LogP contribution >= 0.6 is 0 Å². The smallest absolute Gasteiger partial charge is 0.275 e. The largest absolute Gasteiger partial charge is 0.491 e. The first-order chi connectivity index (χ1) is 15.1. The van der Waals surface area contributed by atoms with Crippen LogP contribution in [-0.4, -0.2) is 58.6 Å². The van der Waals surface area contributed by atoms with E-state index in [1.165, 1.54) is 19.7 Å². The predicted molar refractivity (Wildman–Crippen MR) is 114 cm³/mol. The molecule has 162 valence electrons. The Hall–Kier alpha value is -3.13. The van der Waals surface area contributed by atoms with Gasteiger partial charge in [-0.3, -0.25) is 19.3 Å².